The molecule has 0 saturated carbocycles. The van der Waals surface area contributed by atoms with Crippen LogP contribution in [0.1, 0.15) is 12.8 Å². The fourth-order valence-corrected chi connectivity index (χ4v) is 3.84. The van der Waals surface area contributed by atoms with E-state index in [9.17, 15) is 4.79 Å². The van der Waals surface area contributed by atoms with Gasteiger partial charge in [-0.1, -0.05) is 0 Å². The fraction of sp³-hybridized carbons (Fsp3) is 0.300. The molecule has 1 N–H and O–H groups in total. The second kappa shape index (κ2) is 7.42. The monoisotopic (exact) mass is 388 g/mol. The van der Waals surface area contributed by atoms with Gasteiger partial charge in [-0.2, -0.15) is 0 Å². The number of hydrogen-bond donors (Lipinski definition) is 1. The van der Waals surface area contributed by atoms with E-state index in [1.54, 1.807) is 42.0 Å². The largest absolute Gasteiger partial charge is 0.355 e. The van der Waals surface area contributed by atoms with E-state index >= 15 is 0 Å². The molecule has 1 fully saturated rings. The Balaban J connectivity index is 1.26. The Hall–Kier alpha value is -3.62. The molecule has 9 nitrogen and oxygen atoms in total. The summed E-state index contributed by atoms with van der Waals surface area (Å²) in [5.41, 5.74) is 3.11. The number of pyridine rings is 1. The quantitative estimate of drug-likeness (QED) is 0.569. The smallest absolute Gasteiger partial charge is 0.253 e. The number of hydrogen-bond acceptors (Lipinski definition) is 7. The Morgan fingerprint density at radius 1 is 1.07 bits per heavy atom. The summed E-state index contributed by atoms with van der Waals surface area (Å²) < 4.78 is 1.71. The van der Waals surface area contributed by atoms with Gasteiger partial charge in [-0.15, -0.1) is 0 Å². The van der Waals surface area contributed by atoms with Crippen LogP contribution in [0.3, 0.4) is 0 Å². The number of nitrogens with zero attached hydrogens (tertiary/aromatic N) is 7. The summed E-state index contributed by atoms with van der Waals surface area (Å²) in [6.45, 7) is 2.44. The second-order valence-corrected chi connectivity index (χ2v) is 7.23. The number of nitrogens with one attached hydrogen (secondary N) is 1. The van der Waals surface area contributed by atoms with Crippen molar-refractivity contribution < 1.29 is 0 Å². The SMILES string of the molecule is O=c1cc(-c2ccncc2)ncn1CC1CCN(c2ncnc3nc[nH]c23)CC1. The molecule has 0 aliphatic carbocycles. The lowest BCUT2D eigenvalue weighted by molar-refractivity contribution is 0.350. The van der Waals surface area contributed by atoms with Gasteiger partial charge in [0.1, 0.15) is 11.8 Å². The maximum absolute atomic E-state index is 12.6. The molecule has 4 aromatic heterocycles. The molecule has 0 aromatic carbocycles. The van der Waals surface area contributed by atoms with Gasteiger partial charge < -0.3 is 9.88 Å². The summed E-state index contributed by atoms with van der Waals surface area (Å²) in [6, 6.07) is 5.30. The van der Waals surface area contributed by atoms with E-state index in [2.05, 4.69) is 34.8 Å². The standard InChI is InChI=1S/C20H20N8O/c29-17-9-16(15-1-5-21-6-2-15)26-13-28(17)10-14-3-7-27(8-4-14)20-18-19(23-11-22-18)24-12-25-20/h1-2,5-6,9,11-14H,3-4,7-8,10H2,(H,22,23,24,25). The zero-order chi connectivity index (χ0) is 19.6. The van der Waals surface area contributed by atoms with Crippen molar-refractivity contribution in [3.8, 4) is 11.3 Å². The molecule has 0 atom stereocenters. The molecule has 1 saturated heterocycles. The molecule has 0 spiro atoms. The Kier molecular flexibility index (Phi) is 4.47. The Morgan fingerprint density at radius 3 is 2.69 bits per heavy atom. The lowest BCUT2D eigenvalue weighted by atomic mass is 9.96. The lowest BCUT2D eigenvalue weighted by Gasteiger charge is -2.33. The van der Waals surface area contributed by atoms with Crippen molar-refractivity contribution in [2.75, 3.05) is 18.0 Å². The third kappa shape index (κ3) is 3.46. The van der Waals surface area contributed by atoms with Crippen molar-refractivity contribution in [2.45, 2.75) is 19.4 Å². The lowest BCUT2D eigenvalue weighted by Crippen LogP contribution is -2.37. The zero-order valence-electron chi connectivity index (χ0n) is 15.8. The van der Waals surface area contributed by atoms with Crippen LogP contribution >= 0.6 is 0 Å². The van der Waals surface area contributed by atoms with Gasteiger partial charge in [0.05, 0.1) is 18.3 Å². The van der Waals surface area contributed by atoms with Crippen LogP contribution in [0.2, 0.25) is 0 Å². The number of H-pyrrole nitrogens is 1. The number of anilines is 1. The number of piperidine rings is 1. The zero-order valence-corrected chi connectivity index (χ0v) is 15.8. The highest BCUT2D eigenvalue weighted by molar-refractivity contribution is 5.82. The molecule has 5 rings (SSSR count). The number of aromatic nitrogens is 7. The van der Waals surface area contributed by atoms with E-state index < -0.39 is 0 Å². The maximum atomic E-state index is 12.6. The molecule has 0 radical (unpaired) electrons. The number of aromatic amines is 1. The van der Waals surface area contributed by atoms with Crippen LogP contribution in [0.25, 0.3) is 22.4 Å². The third-order valence-corrected chi connectivity index (χ3v) is 5.43. The molecular weight excluding hydrogens is 368 g/mol. The average Bonchev–Trinajstić information content (AvgIpc) is 3.25. The summed E-state index contributed by atoms with van der Waals surface area (Å²) in [7, 11) is 0. The highest BCUT2D eigenvalue weighted by Crippen LogP contribution is 2.26. The van der Waals surface area contributed by atoms with Gasteiger partial charge >= 0.3 is 0 Å². The topological polar surface area (TPSA) is 105 Å². The van der Waals surface area contributed by atoms with Crippen LogP contribution in [0.5, 0.6) is 0 Å². The van der Waals surface area contributed by atoms with Gasteiger partial charge in [-0.3, -0.25) is 14.3 Å². The normalized spacial score (nSPS) is 15.1. The van der Waals surface area contributed by atoms with Gasteiger partial charge in [-0.25, -0.2) is 19.9 Å². The van der Waals surface area contributed by atoms with Gasteiger partial charge in [0.25, 0.3) is 5.56 Å². The molecule has 29 heavy (non-hydrogen) atoms. The fourth-order valence-electron chi connectivity index (χ4n) is 3.84. The van der Waals surface area contributed by atoms with Crippen molar-refractivity contribution in [3.05, 3.63) is 59.9 Å². The van der Waals surface area contributed by atoms with Crippen molar-refractivity contribution in [1.82, 2.24) is 34.5 Å². The number of fused-ring (bicyclic) bond motifs is 1. The molecule has 5 heterocycles. The van der Waals surface area contributed by atoms with Crippen LogP contribution in [-0.2, 0) is 6.54 Å². The minimum Gasteiger partial charge on any atom is -0.355 e. The first kappa shape index (κ1) is 17.5. The van der Waals surface area contributed by atoms with Gasteiger partial charge in [-0.05, 0) is 30.9 Å². The van der Waals surface area contributed by atoms with E-state index in [4.69, 9.17) is 0 Å². The highest BCUT2D eigenvalue weighted by Gasteiger charge is 2.23. The van der Waals surface area contributed by atoms with Crippen LogP contribution in [0.4, 0.5) is 5.82 Å². The van der Waals surface area contributed by atoms with Gasteiger partial charge in [0.15, 0.2) is 11.5 Å². The summed E-state index contributed by atoms with van der Waals surface area (Å²) in [6.07, 6.45) is 10.2. The highest BCUT2D eigenvalue weighted by atomic mass is 16.1. The van der Waals surface area contributed by atoms with Crippen molar-refractivity contribution in [1.29, 1.82) is 0 Å². The Morgan fingerprint density at radius 2 is 1.90 bits per heavy atom. The van der Waals surface area contributed by atoms with Crippen LogP contribution in [-0.4, -0.2) is 47.6 Å². The molecule has 1 aliphatic heterocycles. The Labute approximate surface area is 166 Å². The molecule has 1 aliphatic rings. The summed E-state index contributed by atoms with van der Waals surface area (Å²) in [5, 5.41) is 0. The average molecular weight is 388 g/mol. The first-order chi connectivity index (χ1) is 14.3. The number of rotatable bonds is 4. The first-order valence-corrected chi connectivity index (χ1v) is 9.64. The van der Waals surface area contributed by atoms with Crippen LogP contribution in [0, 0.1) is 5.92 Å². The minimum atomic E-state index is -0.0239. The van der Waals surface area contributed by atoms with Crippen molar-refractivity contribution in [3.63, 3.8) is 0 Å². The molecule has 146 valence electrons. The third-order valence-electron chi connectivity index (χ3n) is 5.43. The van der Waals surface area contributed by atoms with Gasteiger partial charge in [0.2, 0.25) is 0 Å². The second-order valence-electron chi connectivity index (χ2n) is 7.23. The predicted molar refractivity (Wildman–Crippen MR) is 108 cm³/mol. The Bertz CT molecular complexity index is 1180. The van der Waals surface area contributed by atoms with E-state index in [0.29, 0.717) is 23.8 Å². The van der Waals surface area contributed by atoms with E-state index in [1.165, 1.54) is 0 Å². The minimum absolute atomic E-state index is 0.0239. The molecule has 4 aromatic rings. The first-order valence-electron chi connectivity index (χ1n) is 9.64. The summed E-state index contributed by atoms with van der Waals surface area (Å²) in [4.78, 5) is 39.2. The van der Waals surface area contributed by atoms with Crippen molar-refractivity contribution >= 4 is 17.0 Å². The number of imidazole rings is 1. The molecule has 0 bridgehead atoms. The molecular formula is C20H20N8O. The van der Waals surface area contributed by atoms with E-state index in [-0.39, 0.29) is 5.56 Å². The molecule has 9 heteroatoms. The molecule has 0 unspecified atom stereocenters. The van der Waals surface area contributed by atoms with E-state index in [1.807, 2.05) is 12.1 Å². The van der Waals surface area contributed by atoms with E-state index in [0.717, 1.165) is 42.8 Å². The van der Waals surface area contributed by atoms with Crippen LogP contribution < -0.4 is 10.5 Å². The summed E-state index contributed by atoms with van der Waals surface area (Å²) >= 11 is 0. The van der Waals surface area contributed by atoms with Crippen LogP contribution in [0.15, 0.2) is 54.4 Å². The van der Waals surface area contributed by atoms with Crippen molar-refractivity contribution in [2.24, 2.45) is 5.92 Å². The van der Waals surface area contributed by atoms with Gasteiger partial charge in [0, 0.05) is 43.7 Å². The molecule has 0 amide bonds. The predicted octanol–water partition coefficient (Wildman–Crippen LogP) is 1.89. The maximum Gasteiger partial charge on any atom is 0.253 e. The summed E-state index contributed by atoms with van der Waals surface area (Å²) in [5.74, 6) is 1.32.